The molecule has 0 radical (unpaired) electrons. The lowest BCUT2D eigenvalue weighted by atomic mass is 9.99. The highest BCUT2D eigenvalue weighted by molar-refractivity contribution is 5.92. The Morgan fingerprint density at radius 1 is 1.19 bits per heavy atom. The van der Waals surface area contributed by atoms with E-state index in [-0.39, 0.29) is 11.8 Å². The Morgan fingerprint density at radius 2 is 2.04 bits per heavy atom. The number of hydrogen-bond acceptors (Lipinski definition) is 5. The van der Waals surface area contributed by atoms with Gasteiger partial charge in [-0.3, -0.25) is 4.79 Å². The zero-order valence-electron chi connectivity index (χ0n) is 15.1. The summed E-state index contributed by atoms with van der Waals surface area (Å²) in [5, 5.41) is 11.0. The van der Waals surface area contributed by atoms with Gasteiger partial charge in [-0.2, -0.15) is 0 Å². The molecule has 1 unspecified atom stereocenters. The molecule has 0 bridgehead atoms. The van der Waals surface area contributed by atoms with Crippen LogP contribution in [0.5, 0.6) is 11.6 Å². The number of amides is 1. The summed E-state index contributed by atoms with van der Waals surface area (Å²) < 4.78 is 7.74. The number of hydrogen-bond donors (Lipinski definition) is 1. The number of ether oxygens (including phenoxy) is 1. The third kappa shape index (κ3) is 4.13. The van der Waals surface area contributed by atoms with E-state index in [4.69, 9.17) is 4.74 Å². The predicted molar refractivity (Wildman–Crippen MR) is 101 cm³/mol. The van der Waals surface area contributed by atoms with Crippen molar-refractivity contribution in [1.82, 2.24) is 19.7 Å². The minimum atomic E-state index is -0.0283. The van der Waals surface area contributed by atoms with E-state index in [0.717, 1.165) is 42.9 Å². The number of pyridine rings is 1. The molecule has 0 aliphatic carbocycles. The van der Waals surface area contributed by atoms with Crippen LogP contribution in [-0.2, 0) is 17.8 Å². The number of nitrogens with one attached hydrogen (secondary N) is 1. The highest BCUT2D eigenvalue weighted by atomic mass is 16.5. The van der Waals surface area contributed by atoms with Crippen molar-refractivity contribution >= 4 is 11.6 Å². The largest absolute Gasteiger partial charge is 0.439 e. The van der Waals surface area contributed by atoms with Crippen LogP contribution in [0.3, 0.4) is 0 Å². The Morgan fingerprint density at radius 3 is 2.81 bits per heavy atom. The molecule has 1 amide bonds. The molecule has 0 saturated heterocycles. The van der Waals surface area contributed by atoms with Crippen molar-refractivity contribution in [2.75, 3.05) is 5.32 Å². The van der Waals surface area contributed by atoms with Crippen LogP contribution in [0.4, 0.5) is 5.69 Å². The maximum absolute atomic E-state index is 12.6. The van der Waals surface area contributed by atoms with E-state index in [0.29, 0.717) is 11.6 Å². The van der Waals surface area contributed by atoms with Crippen LogP contribution in [0.1, 0.15) is 24.2 Å². The predicted octanol–water partition coefficient (Wildman–Crippen LogP) is 3.37. The van der Waals surface area contributed by atoms with Gasteiger partial charge in [0, 0.05) is 36.8 Å². The zero-order valence-corrected chi connectivity index (χ0v) is 15.1. The fourth-order valence-electron chi connectivity index (χ4n) is 3.15. The molecule has 1 atom stereocenters. The molecule has 1 aromatic carbocycles. The second-order valence-electron chi connectivity index (χ2n) is 6.75. The summed E-state index contributed by atoms with van der Waals surface area (Å²) in [5.41, 5.74) is 1.84. The number of rotatable bonds is 4. The highest BCUT2D eigenvalue weighted by Crippen LogP contribution is 2.24. The maximum atomic E-state index is 12.6. The lowest BCUT2D eigenvalue weighted by molar-refractivity contribution is -0.120. The lowest BCUT2D eigenvalue weighted by Crippen LogP contribution is -2.23. The van der Waals surface area contributed by atoms with E-state index in [2.05, 4.69) is 20.5 Å². The Hall–Kier alpha value is -3.22. The van der Waals surface area contributed by atoms with Crippen LogP contribution in [0.25, 0.3) is 0 Å². The van der Waals surface area contributed by atoms with Crippen LogP contribution < -0.4 is 10.1 Å². The summed E-state index contributed by atoms with van der Waals surface area (Å²) >= 11 is 0. The average molecular weight is 363 g/mol. The fraction of sp³-hybridized carbons (Fsp3) is 0.300. The van der Waals surface area contributed by atoms with Gasteiger partial charge in [0.1, 0.15) is 17.9 Å². The summed E-state index contributed by atoms with van der Waals surface area (Å²) in [5.74, 6) is 2.19. The summed E-state index contributed by atoms with van der Waals surface area (Å²) in [6, 6.07) is 11.1. The van der Waals surface area contributed by atoms with Crippen molar-refractivity contribution in [3.05, 3.63) is 60.3 Å². The molecule has 1 aliphatic heterocycles. The van der Waals surface area contributed by atoms with Crippen molar-refractivity contribution in [3.63, 3.8) is 0 Å². The number of carbonyl (C=O) groups excluding carboxylic acids is 1. The van der Waals surface area contributed by atoms with Gasteiger partial charge in [0.05, 0.1) is 0 Å². The van der Waals surface area contributed by atoms with E-state index < -0.39 is 0 Å². The number of benzene rings is 1. The Labute approximate surface area is 157 Å². The molecular weight excluding hydrogens is 342 g/mol. The van der Waals surface area contributed by atoms with Crippen molar-refractivity contribution in [2.45, 2.75) is 32.7 Å². The molecule has 0 spiro atoms. The van der Waals surface area contributed by atoms with E-state index in [9.17, 15) is 4.79 Å². The number of carbonyl (C=O) groups is 1. The normalized spacial score (nSPS) is 16.3. The van der Waals surface area contributed by atoms with Gasteiger partial charge in [0.2, 0.25) is 11.8 Å². The molecule has 0 saturated carbocycles. The summed E-state index contributed by atoms with van der Waals surface area (Å²) in [6.45, 7) is 2.75. The first-order chi connectivity index (χ1) is 13.2. The molecule has 2 aromatic heterocycles. The van der Waals surface area contributed by atoms with Gasteiger partial charge >= 0.3 is 0 Å². The average Bonchev–Trinajstić information content (AvgIpc) is 3.03. The van der Waals surface area contributed by atoms with Gasteiger partial charge < -0.3 is 14.6 Å². The zero-order chi connectivity index (χ0) is 18.6. The first-order valence-electron chi connectivity index (χ1n) is 9.05. The monoisotopic (exact) mass is 363 g/mol. The number of nitrogens with zero attached hydrogens (tertiary/aromatic N) is 4. The van der Waals surface area contributed by atoms with Gasteiger partial charge in [0.25, 0.3) is 0 Å². The molecule has 138 valence electrons. The summed E-state index contributed by atoms with van der Waals surface area (Å²) in [6.07, 6.45) is 5.84. The molecule has 1 N–H and O–H groups in total. The number of fused-ring (bicyclic) bond motifs is 1. The third-order valence-electron chi connectivity index (χ3n) is 4.73. The van der Waals surface area contributed by atoms with Gasteiger partial charge in [0.15, 0.2) is 0 Å². The van der Waals surface area contributed by atoms with Crippen LogP contribution >= 0.6 is 0 Å². The molecule has 7 heteroatoms. The molecule has 0 fully saturated rings. The smallest absolute Gasteiger partial charge is 0.227 e. The van der Waals surface area contributed by atoms with E-state index in [1.807, 2.05) is 47.9 Å². The highest BCUT2D eigenvalue weighted by Gasteiger charge is 2.23. The minimum Gasteiger partial charge on any atom is -0.439 e. The maximum Gasteiger partial charge on any atom is 0.227 e. The Balaban J connectivity index is 1.34. The van der Waals surface area contributed by atoms with Crippen LogP contribution in [-0.4, -0.2) is 25.7 Å². The Kier molecular flexibility index (Phi) is 4.82. The Bertz CT molecular complexity index is 896. The van der Waals surface area contributed by atoms with Crippen molar-refractivity contribution in [2.24, 2.45) is 5.92 Å². The topological polar surface area (TPSA) is 81.9 Å². The first-order valence-corrected chi connectivity index (χ1v) is 9.05. The quantitative estimate of drug-likeness (QED) is 0.768. The van der Waals surface area contributed by atoms with Gasteiger partial charge in [-0.15, -0.1) is 10.2 Å². The molecular formula is C20H21N5O2. The summed E-state index contributed by atoms with van der Waals surface area (Å²) in [4.78, 5) is 16.8. The SMILES string of the molecule is Cc1ccc(Oc2ccc(NC(=O)C3CCc4nncn4CC3)cc2)nc1. The van der Waals surface area contributed by atoms with Crippen LogP contribution in [0.2, 0.25) is 0 Å². The number of anilines is 1. The fourth-order valence-corrected chi connectivity index (χ4v) is 3.15. The van der Waals surface area contributed by atoms with E-state index in [1.54, 1.807) is 12.5 Å². The second-order valence-corrected chi connectivity index (χ2v) is 6.75. The third-order valence-corrected chi connectivity index (χ3v) is 4.73. The molecule has 1 aliphatic rings. The van der Waals surface area contributed by atoms with Gasteiger partial charge in [-0.05, 0) is 49.6 Å². The molecule has 3 heterocycles. The minimum absolute atomic E-state index is 0.0283. The van der Waals surface area contributed by atoms with Crippen molar-refractivity contribution in [3.8, 4) is 11.6 Å². The first kappa shape index (κ1) is 17.2. The van der Waals surface area contributed by atoms with Crippen molar-refractivity contribution < 1.29 is 9.53 Å². The molecule has 7 nitrogen and oxygen atoms in total. The van der Waals surface area contributed by atoms with E-state index in [1.165, 1.54) is 0 Å². The number of aromatic nitrogens is 4. The standard InChI is InChI=1S/C20H21N5O2/c1-14-2-9-19(21-12-14)27-17-6-4-16(5-7-17)23-20(26)15-3-8-18-24-22-13-25(18)11-10-15/h2,4-7,9,12-13,15H,3,8,10-11H2,1H3,(H,23,26). The van der Waals surface area contributed by atoms with Crippen molar-refractivity contribution in [1.29, 1.82) is 0 Å². The molecule has 27 heavy (non-hydrogen) atoms. The molecule has 3 aromatic rings. The lowest BCUT2D eigenvalue weighted by Gasteiger charge is -2.14. The van der Waals surface area contributed by atoms with E-state index >= 15 is 0 Å². The molecule has 4 rings (SSSR count). The van der Waals surface area contributed by atoms with Gasteiger partial charge in [-0.1, -0.05) is 6.07 Å². The van der Waals surface area contributed by atoms with Gasteiger partial charge in [-0.25, -0.2) is 4.98 Å². The van der Waals surface area contributed by atoms with Crippen LogP contribution in [0.15, 0.2) is 48.9 Å². The second kappa shape index (κ2) is 7.57. The van der Waals surface area contributed by atoms with Crippen LogP contribution in [0, 0.1) is 12.8 Å². The number of aryl methyl sites for hydroxylation is 3. The summed E-state index contributed by atoms with van der Waals surface area (Å²) in [7, 11) is 0.